The van der Waals surface area contributed by atoms with E-state index < -0.39 is 0 Å². The molecule has 1 aliphatic rings. The maximum atomic E-state index is 12.4. The molecule has 0 unspecified atom stereocenters. The van der Waals surface area contributed by atoms with Crippen LogP contribution in [0.5, 0.6) is 0 Å². The zero-order chi connectivity index (χ0) is 16.3. The topological polar surface area (TPSA) is 100 Å². The molecule has 0 radical (unpaired) electrons. The molecule has 1 aromatic carbocycles. The normalized spacial score (nSPS) is 14.5. The van der Waals surface area contributed by atoms with Gasteiger partial charge in [0, 0.05) is 17.1 Å². The first kappa shape index (κ1) is 13.3. The summed E-state index contributed by atoms with van der Waals surface area (Å²) in [5.74, 6) is 0.573. The van der Waals surface area contributed by atoms with E-state index in [1.54, 1.807) is 6.20 Å². The Kier molecular flexibility index (Phi) is 2.59. The maximum Gasteiger partial charge on any atom is 0.272 e. The van der Waals surface area contributed by atoms with Crippen LogP contribution in [0.25, 0.3) is 33.1 Å². The predicted octanol–water partition coefficient (Wildman–Crippen LogP) is 2.93. The van der Waals surface area contributed by atoms with E-state index in [0.717, 1.165) is 22.0 Å². The zero-order valence-electron chi connectivity index (χ0n) is 12.8. The van der Waals surface area contributed by atoms with Crippen molar-refractivity contribution < 1.29 is 0 Å². The zero-order valence-corrected chi connectivity index (χ0v) is 12.8. The average molecular weight is 317 g/mol. The van der Waals surface area contributed by atoms with Crippen molar-refractivity contribution in [2.75, 3.05) is 5.73 Å². The summed E-state index contributed by atoms with van der Waals surface area (Å²) in [5.41, 5.74) is 11.1. The highest BCUT2D eigenvalue weighted by Crippen LogP contribution is 2.41. The van der Waals surface area contributed by atoms with Crippen LogP contribution in [0.15, 0.2) is 41.5 Å². The van der Waals surface area contributed by atoms with Gasteiger partial charge >= 0.3 is 0 Å². The number of fused-ring (bicyclic) bond motifs is 2. The highest BCUT2D eigenvalue weighted by atomic mass is 16.1. The molecule has 0 saturated heterocycles. The van der Waals surface area contributed by atoms with Crippen LogP contribution in [-0.2, 0) is 0 Å². The van der Waals surface area contributed by atoms with Crippen LogP contribution >= 0.6 is 0 Å². The van der Waals surface area contributed by atoms with Gasteiger partial charge in [0.1, 0.15) is 5.69 Å². The Morgan fingerprint density at radius 2 is 2.04 bits per heavy atom. The second-order valence-corrected chi connectivity index (χ2v) is 6.32. The minimum atomic E-state index is -0.284. The van der Waals surface area contributed by atoms with Crippen molar-refractivity contribution in [2.24, 2.45) is 0 Å². The van der Waals surface area contributed by atoms with Gasteiger partial charge in [-0.25, -0.2) is 0 Å². The predicted molar refractivity (Wildman–Crippen MR) is 93.8 cm³/mol. The highest BCUT2D eigenvalue weighted by molar-refractivity contribution is 6.05. The van der Waals surface area contributed by atoms with Gasteiger partial charge in [-0.2, -0.15) is 5.10 Å². The Morgan fingerprint density at radius 3 is 2.88 bits per heavy atom. The van der Waals surface area contributed by atoms with Crippen LogP contribution < -0.4 is 11.3 Å². The molecule has 3 heterocycles. The van der Waals surface area contributed by atoms with E-state index in [9.17, 15) is 4.79 Å². The molecule has 1 aliphatic carbocycles. The number of hydrogen-bond acceptors (Lipinski definition) is 4. The molecule has 5 rings (SSSR count). The number of hydrogen-bond donors (Lipinski definition) is 3. The molecule has 6 nitrogen and oxygen atoms in total. The van der Waals surface area contributed by atoms with Gasteiger partial charge in [-0.05, 0) is 42.0 Å². The third kappa shape index (κ3) is 1.86. The fraction of sp³-hybridized carbons (Fsp3) is 0.167. The minimum absolute atomic E-state index is 0.183. The molecule has 4 N–H and O–H groups in total. The van der Waals surface area contributed by atoms with Gasteiger partial charge in [0.2, 0.25) is 0 Å². The summed E-state index contributed by atoms with van der Waals surface area (Å²) in [4.78, 5) is 19.9. The third-order valence-electron chi connectivity index (χ3n) is 4.71. The lowest BCUT2D eigenvalue weighted by atomic mass is 9.99. The van der Waals surface area contributed by atoms with Gasteiger partial charge in [-0.1, -0.05) is 12.1 Å². The monoisotopic (exact) mass is 317 g/mol. The Bertz CT molecular complexity index is 1150. The molecule has 6 heteroatoms. The van der Waals surface area contributed by atoms with Gasteiger partial charge in [0.05, 0.1) is 22.7 Å². The Balaban J connectivity index is 1.88. The number of anilines is 1. The fourth-order valence-corrected chi connectivity index (χ4v) is 3.30. The van der Waals surface area contributed by atoms with Gasteiger partial charge in [0.25, 0.3) is 5.56 Å². The number of rotatable bonds is 2. The first-order chi connectivity index (χ1) is 11.7. The SMILES string of the molecule is Nc1c(-c2cccc3[nH]ncc23)c2ncc(C3CC3)cc2[nH]c1=O. The molecule has 0 amide bonds. The molecule has 0 atom stereocenters. The van der Waals surface area contributed by atoms with Gasteiger partial charge in [0.15, 0.2) is 0 Å². The molecule has 1 saturated carbocycles. The maximum absolute atomic E-state index is 12.4. The van der Waals surface area contributed by atoms with Crippen molar-refractivity contribution >= 4 is 27.6 Å². The first-order valence-electron chi connectivity index (χ1n) is 7.96. The number of pyridine rings is 2. The lowest BCUT2D eigenvalue weighted by Gasteiger charge is -2.11. The number of nitrogen functional groups attached to an aromatic ring is 1. The van der Waals surface area contributed by atoms with E-state index in [1.807, 2.05) is 30.5 Å². The van der Waals surface area contributed by atoms with E-state index in [2.05, 4.69) is 20.2 Å². The Morgan fingerprint density at radius 1 is 1.17 bits per heavy atom. The molecule has 0 aliphatic heterocycles. The molecular weight excluding hydrogens is 302 g/mol. The van der Waals surface area contributed by atoms with E-state index >= 15 is 0 Å². The number of nitrogens with one attached hydrogen (secondary N) is 2. The molecule has 118 valence electrons. The second kappa shape index (κ2) is 4.67. The number of aromatic amines is 2. The molecule has 0 bridgehead atoms. The largest absolute Gasteiger partial charge is 0.394 e. The van der Waals surface area contributed by atoms with Gasteiger partial charge in [-0.3, -0.25) is 14.9 Å². The van der Waals surface area contributed by atoms with Crippen LogP contribution in [0.1, 0.15) is 24.3 Å². The van der Waals surface area contributed by atoms with Crippen LogP contribution in [0.3, 0.4) is 0 Å². The summed E-state index contributed by atoms with van der Waals surface area (Å²) in [5, 5.41) is 7.96. The van der Waals surface area contributed by atoms with Crippen LogP contribution in [0.4, 0.5) is 5.69 Å². The second-order valence-electron chi connectivity index (χ2n) is 6.32. The number of benzene rings is 1. The summed E-state index contributed by atoms with van der Waals surface area (Å²) >= 11 is 0. The van der Waals surface area contributed by atoms with E-state index in [4.69, 9.17) is 5.73 Å². The minimum Gasteiger partial charge on any atom is -0.394 e. The van der Waals surface area contributed by atoms with Gasteiger partial charge in [-0.15, -0.1) is 0 Å². The van der Waals surface area contributed by atoms with Crippen molar-refractivity contribution in [2.45, 2.75) is 18.8 Å². The lowest BCUT2D eigenvalue weighted by Crippen LogP contribution is -2.14. The molecule has 1 fully saturated rings. The number of aromatic nitrogens is 4. The highest BCUT2D eigenvalue weighted by Gasteiger charge is 2.25. The van der Waals surface area contributed by atoms with Crippen molar-refractivity contribution in [3.8, 4) is 11.1 Å². The lowest BCUT2D eigenvalue weighted by molar-refractivity contribution is 1.10. The summed E-state index contributed by atoms with van der Waals surface area (Å²) in [7, 11) is 0. The summed E-state index contributed by atoms with van der Waals surface area (Å²) < 4.78 is 0. The van der Waals surface area contributed by atoms with Crippen molar-refractivity contribution in [1.82, 2.24) is 20.2 Å². The fourth-order valence-electron chi connectivity index (χ4n) is 3.30. The molecule has 0 spiro atoms. The van der Waals surface area contributed by atoms with Crippen LogP contribution in [-0.4, -0.2) is 20.2 Å². The van der Waals surface area contributed by atoms with Crippen LogP contribution in [0, 0.1) is 0 Å². The van der Waals surface area contributed by atoms with Crippen LogP contribution in [0.2, 0.25) is 0 Å². The van der Waals surface area contributed by atoms with Gasteiger partial charge < -0.3 is 10.7 Å². The van der Waals surface area contributed by atoms with Crippen molar-refractivity contribution in [3.05, 3.63) is 52.6 Å². The quantitative estimate of drug-likeness (QED) is 0.529. The average Bonchev–Trinajstić information content (AvgIpc) is 3.32. The standard InChI is InChI=1S/C18H15N5O/c19-16-15(11-2-1-3-13-12(11)8-21-23-13)17-14(22-18(16)24)6-10(7-20-17)9-4-5-9/h1-3,6-9H,4-5,19H2,(H,21,23)(H,22,24). The van der Waals surface area contributed by atoms with Crippen molar-refractivity contribution in [1.29, 1.82) is 0 Å². The summed E-state index contributed by atoms with van der Waals surface area (Å²) in [6, 6.07) is 7.83. The third-order valence-corrected chi connectivity index (χ3v) is 4.71. The molecule has 4 aromatic rings. The molecule has 3 aromatic heterocycles. The first-order valence-corrected chi connectivity index (χ1v) is 7.96. The number of H-pyrrole nitrogens is 2. The number of nitrogens with zero attached hydrogens (tertiary/aromatic N) is 2. The van der Waals surface area contributed by atoms with Crippen molar-refractivity contribution in [3.63, 3.8) is 0 Å². The Hall–Kier alpha value is -3.15. The van der Waals surface area contributed by atoms with E-state index in [0.29, 0.717) is 17.0 Å². The molecule has 24 heavy (non-hydrogen) atoms. The summed E-state index contributed by atoms with van der Waals surface area (Å²) in [6.07, 6.45) is 6.02. The van der Waals surface area contributed by atoms with E-state index in [1.165, 1.54) is 18.4 Å². The number of nitrogens with two attached hydrogens (primary N) is 1. The summed E-state index contributed by atoms with van der Waals surface area (Å²) in [6.45, 7) is 0. The smallest absolute Gasteiger partial charge is 0.272 e. The molecular formula is C18H15N5O. The Labute approximate surface area is 136 Å². The van der Waals surface area contributed by atoms with E-state index in [-0.39, 0.29) is 11.2 Å².